The Morgan fingerprint density at radius 1 is 1.44 bits per heavy atom. The van der Waals surface area contributed by atoms with Crippen molar-refractivity contribution >= 4 is 29.2 Å². The minimum absolute atomic E-state index is 0.427. The van der Waals surface area contributed by atoms with Crippen molar-refractivity contribution < 1.29 is 9.90 Å². The van der Waals surface area contributed by atoms with Crippen LogP contribution < -0.4 is 0 Å². The van der Waals surface area contributed by atoms with Gasteiger partial charge in [-0.3, -0.25) is 4.79 Å². The highest BCUT2D eigenvalue weighted by Gasteiger charge is 2.21. The third-order valence-electron chi connectivity index (χ3n) is 2.48. The van der Waals surface area contributed by atoms with Gasteiger partial charge in [0, 0.05) is 10.0 Å². The first kappa shape index (κ1) is 13.3. The highest BCUT2D eigenvalue weighted by atomic mass is 35.5. The van der Waals surface area contributed by atoms with Crippen LogP contribution in [0.3, 0.4) is 0 Å². The Balaban J connectivity index is 2.96. The molecular formula is C12H14Cl2O2. The summed E-state index contributed by atoms with van der Waals surface area (Å²) in [5.74, 6) is -1.37. The molecule has 0 saturated heterocycles. The predicted molar refractivity (Wildman–Crippen MR) is 66.4 cm³/mol. The first-order valence-corrected chi connectivity index (χ1v) is 5.99. The summed E-state index contributed by atoms with van der Waals surface area (Å²) < 4.78 is 0. The molecule has 0 radical (unpaired) electrons. The molecule has 0 bridgehead atoms. The van der Waals surface area contributed by atoms with Crippen LogP contribution in [0, 0.1) is 0 Å². The molecule has 0 amide bonds. The Hall–Kier alpha value is -0.730. The van der Waals surface area contributed by atoms with Gasteiger partial charge in [0.2, 0.25) is 0 Å². The monoisotopic (exact) mass is 260 g/mol. The molecule has 0 aromatic heterocycles. The van der Waals surface area contributed by atoms with Gasteiger partial charge in [-0.1, -0.05) is 49.0 Å². The molecule has 88 valence electrons. The van der Waals surface area contributed by atoms with E-state index >= 15 is 0 Å². The number of benzene rings is 1. The maximum Gasteiger partial charge on any atom is 0.311 e. The van der Waals surface area contributed by atoms with Gasteiger partial charge in [0.05, 0.1) is 5.92 Å². The highest BCUT2D eigenvalue weighted by molar-refractivity contribution is 6.35. The fourth-order valence-corrected chi connectivity index (χ4v) is 2.14. The molecule has 0 spiro atoms. The number of aliphatic carboxylic acids is 1. The molecule has 0 aliphatic carbocycles. The number of hydrogen-bond acceptors (Lipinski definition) is 1. The number of hydrogen-bond donors (Lipinski definition) is 1. The normalized spacial score (nSPS) is 12.4. The Labute approximate surface area is 105 Å². The molecule has 0 aliphatic heterocycles. The van der Waals surface area contributed by atoms with E-state index in [9.17, 15) is 4.79 Å². The van der Waals surface area contributed by atoms with Crippen molar-refractivity contribution in [1.82, 2.24) is 0 Å². The van der Waals surface area contributed by atoms with Gasteiger partial charge in [-0.25, -0.2) is 0 Å². The van der Waals surface area contributed by atoms with E-state index in [1.807, 2.05) is 6.92 Å². The lowest BCUT2D eigenvalue weighted by Gasteiger charge is -2.13. The van der Waals surface area contributed by atoms with Crippen molar-refractivity contribution in [1.29, 1.82) is 0 Å². The average Bonchev–Trinajstić information content (AvgIpc) is 2.20. The number of carboxylic acid groups (broad SMARTS) is 1. The van der Waals surface area contributed by atoms with E-state index < -0.39 is 11.9 Å². The summed E-state index contributed by atoms with van der Waals surface area (Å²) in [6, 6.07) is 4.95. The van der Waals surface area contributed by atoms with Gasteiger partial charge in [-0.2, -0.15) is 0 Å². The van der Waals surface area contributed by atoms with E-state index in [-0.39, 0.29) is 0 Å². The van der Waals surface area contributed by atoms with Crippen molar-refractivity contribution in [2.45, 2.75) is 32.1 Å². The Morgan fingerprint density at radius 2 is 2.12 bits per heavy atom. The van der Waals surface area contributed by atoms with Crippen LogP contribution in [0.15, 0.2) is 18.2 Å². The van der Waals surface area contributed by atoms with Crippen LogP contribution in [-0.4, -0.2) is 11.1 Å². The van der Waals surface area contributed by atoms with Gasteiger partial charge in [0.1, 0.15) is 0 Å². The van der Waals surface area contributed by atoms with E-state index in [1.54, 1.807) is 18.2 Å². The molecule has 0 fully saturated rings. The van der Waals surface area contributed by atoms with Crippen LogP contribution in [0.2, 0.25) is 10.0 Å². The number of carboxylic acids is 1. The minimum Gasteiger partial charge on any atom is -0.481 e. The van der Waals surface area contributed by atoms with Gasteiger partial charge in [0.25, 0.3) is 0 Å². The summed E-state index contributed by atoms with van der Waals surface area (Å²) in [4.78, 5) is 11.2. The van der Waals surface area contributed by atoms with Crippen molar-refractivity contribution in [3.63, 3.8) is 0 Å². The summed E-state index contributed by atoms with van der Waals surface area (Å²) in [6.45, 7) is 2.03. The third kappa shape index (κ3) is 3.39. The zero-order chi connectivity index (χ0) is 12.1. The second-order valence-corrected chi connectivity index (χ2v) is 4.54. The SMILES string of the molecule is CCCCC(C(=O)O)c1ccc(Cl)cc1Cl. The van der Waals surface area contributed by atoms with Crippen LogP contribution in [0.5, 0.6) is 0 Å². The quantitative estimate of drug-likeness (QED) is 0.855. The van der Waals surface area contributed by atoms with Gasteiger partial charge in [0.15, 0.2) is 0 Å². The molecule has 1 aromatic rings. The van der Waals surface area contributed by atoms with Gasteiger partial charge in [-0.05, 0) is 24.1 Å². The summed E-state index contributed by atoms with van der Waals surface area (Å²) >= 11 is 11.8. The second-order valence-electron chi connectivity index (χ2n) is 3.70. The molecule has 2 nitrogen and oxygen atoms in total. The minimum atomic E-state index is -0.835. The molecule has 16 heavy (non-hydrogen) atoms. The molecule has 1 aromatic carbocycles. The van der Waals surface area contributed by atoms with E-state index in [0.717, 1.165) is 12.8 Å². The van der Waals surface area contributed by atoms with Gasteiger partial charge < -0.3 is 5.11 Å². The fourth-order valence-electron chi connectivity index (χ4n) is 1.60. The van der Waals surface area contributed by atoms with Crippen LogP contribution in [0.25, 0.3) is 0 Å². The Morgan fingerprint density at radius 3 is 2.62 bits per heavy atom. The number of carbonyl (C=O) groups is 1. The Bertz CT molecular complexity index is 377. The van der Waals surface area contributed by atoms with E-state index in [4.69, 9.17) is 28.3 Å². The van der Waals surface area contributed by atoms with Crippen molar-refractivity contribution in [2.24, 2.45) is 0 Å². The first-order chi connectivity index (χ1) is 7.56. The first-order valence-electron chi connectivity index (χ1n) is 5.24. The molecule has 1 unspecified atom stereocenters. The van der Waals surface area contributed by atoms with E-state index in [2.05, 4.69) is 0 Å². The van der Waals surface area contributed by atoms with Gasteiger partial charge >= 0.3 is 5.97 Å². The second kappa shape index (κ2) is 6.12. The van der Waals surface area contributed by atoms with Crippen LogP contribution in [-0.2, 0) is 4.79 Å². The standard InChI is InChI=1S/C12H14Cl2O2/c1-2-3-4-10(12(15)16)9-6-5-8(13)7-11(9)14/h5-7,10H,2-4H2,1H3,(H,15,16). The van der Waals surface area contributed by atoms with E-state index in [0.29, 0.717) is 22.0 Å². The smallest absolute Gasteiger partial charge is 0.311 e. The number of unbranched alkanes of at least 4 members (excludes halogenated alkanes) is 1. The molecule has 4 heteroatoms. The molecule has 1 N–H and O–H groups in total. The summed E-state index contributed by atoms with van der Waals surface area (Å²) in [5, 5.41) is 10.1. The average molecular weight is 261 g/mol. The predicted octanol–water partition coefficient (Wildman–Crippen LogP) is 4.35. The highest BCUT2D eigenvalue weighted by Crippen LogP contribution is 2.30. The van der Waals surface area contributed by atoms with Crippen LogP contribution in [0.4, 0.5) is 0 Å². The lowest BCUT2D eigenvalue weighted by Crippen LogP contribution is -2.12. The summed E-state index contributed by atoms with van der Waals surface area (Å²) in [7, 11) is 0. The lowest BCUT2D eigenvalue weighted by atomic mass is 9.94. The zero-order valence-electron chi connectivity index (χ0n) is 9.04. The zero-order valence-corrected chi connectivity index (χ0v) is 10.6. The van der Waals surface area contributed by atoms with Gasteiger partial charge in [-0.15, -0.1) is 0 Å². The third-order valence-corrected chi connectivity index (χ3v) is 3.04. The van der Waals surface area contributed by atoms with Crippen molar-refractivity contribution in [2.75, 3.05) is 0 Å². The maximum absolute atomic E-state index is 11.2. The Kier molecular flexibility index (Phi) is 5.10. The lowest BCUT2D eigenvalue weighted by molar-refractivity contribution is -0.139. The summed E-state index contributed by atoms with van der Waals surface area (Å²) in [5.41, 5.74) is 0.645. The number of rotatable bonds is 5. The molecule has 1 rings (SSSR count). The molecule has 0 saturated carbocycles. The molecule has 0 aliphatic rings. The van der Waals surface area contributed by atoms with Crippen molar-refractivity contribution in [3.05, 3.63) is 33.8 Å². The topological polar surface area (TPSA) is 37.3 Å². The molecule has 1 atom stereocenters. The van der Waals surface area contributed by atoms with E-state index in [1.165, 1.54) is 0 Å². The summed E-state index contributed by atoms with van der Waals surface area (Å²) in [6.07, 6.45) is 2.44. The van der Waals surface area contributed by atoms with Crippen LogP contribution in [0.1, 0.15) is 37.7 Å². The largest absolute Gasteiger partial charge is 0.481 e. The molecule has 0 heterocycles. The molecular weight excluding hydrogens is 247 g/mol. The number of halogens is 2. The van der Waals surface area contributed by atoms with Crippen molar-refractivity contribution in [3.8, 4) is 0 Å². The fraction of sp³-hybridized carbons (Fsp3) is 0.417. The maximum atomic E-state index is 11.2. The van der Waals surface area contributed by atoms with Crippen LogP contribution >= 0.6 is 23.2 Å².